The number of halogens is 1. The zero-order valence-electron chi connectivity index (χ0n) is 15.0. The van der Waals surface area contributed by atoms with Gasteiger partial charge in [-0.3, -0.25) is 9.59 Å². The first-order valence-corrected chi connectivity index (χ1v) is 9.50. The fourth-order valence-corrected chi connectivity index (χ4v) is 4.08. The highest BCUT2D eigenvalue weighted by Gasteiger charge is 2.33. The van der Waals surface area contributed by atoms with Crippen molar-refractivity contribution >= 4 is 17.5 Å². The largest absolute Gasteiger partial charge is 0.368 e. The standard InChI is InChI=1S/C20H27FN3O2/c21-16-7-8-17-15(12-16)13-18(20(22)26)24(17)11-10-23-19(25)9-6-14-4-2-1-3-5-14/h7-9,12,14,18H,1-6,10-11,13H2,(H2,22,26)(H,23,25)/t18-/m0/s1. The molecular weight excluding hydrogens is 333 g/mol. The molecule has 0 spiro atoms. The van der Waals surface area contributed by atoms with E-state index in [2.05, 4.69) is 5.32 Å². The summed E-state index contributed by atoms with van der Waals surface area (Å²) in [6.45, 7) is 0.885. The van der Waals surface area contributed by atoms with Crippen LogP contribution in [0.25, 0.3) is 0 Å². The van der Waals surface area contributed by atoms with Gasteiger partial charge in [0.05, 0.1) is 0 Å². The van der Waals surface area contributed by atoms with E-state index >= 15 is 0 Å². The number of nitrogens with zero attached hydrogens (tertiary/aromatic N) is 1. The minimum Gasteiger partial charge on any atom is -0.368 e. The summed E-state index contributed by atoms with van der Waals surface area (Å²) >= 11 is 0. The van der Waals surface area contributed by atoms with E-state index in [1.54, 1.807) is 12.5 Å². The summed E-state index contributed by atoms with van der Waals surface area (Å²) in [6, 6.07) is 4.01. The predicted molar refractivity (Wildman–Crippen MR) is 98.9 cm³/mol. The van der Waals surface area contributed by atoms with E-state index in [1.165, 1.54) is 44.2 Å². The molecule has 0 saturated heterocycles. The molecule has 26 heavy (non-hydrogen) atoms. The third-order valence-corrected chi connectivity index (χ3v) is 5.48. The van der Waals surface area contributed by atoms with E-state index in [-0.39, 0.29) is 11.7 Å². The van der Waals surface area contributed by atoms with Crippen LogP contribution in [0.5, 0.6) is 0 Å². The number of nitrogens with one attached hydrogen (secondary N) is 1. The van der Waals surface area contributed by atoms with Crippen molar-refractivity contribution in [2.45, 2.75) is 51.0 Å². The Bertz CT molecular complexity index is 658. The van der Waals surface area contributed by atoms with Gasteiger partial charge in [-0.25, -0.2) is 4.39 Å². The molecule has 3 N–H and O–H groups in total. The SMILES string of the molecule is NC(=O)[C@@H]1Cc2cc(F)ccc2N1CCNC(=O)[CH]CC1CCCCC1. The third-order valence-electron chi connectivity index (χ3n) is 5.48. The lowest BCUT2D eigenvalue weighted by Crippen LogP contribution is -2.46. The summed E-state index contributed by atoms with van der Waals surface area (Å²) < 4.78 is 13.4. The lowest BCUT2D eigenvalue weighted by molar-refractivity contribution is -0.119. The quantitative estimate of drug-likeness (QED) is 0.784. The van der Waals surface area contributed by atoms with Gasteiger partial charge >= 0.3 is 0 Å². The predicted octanol–water partition coefficient (Wildman–Crippen LogP) is 2.33. The Kier molecular flexibility index (Phi) is 6.12. The molecule has 6 heteroatoms. The van der Waals surface area contributed by atoms with Crippen molar-refractivity contribution in [3.05, 3.63) is 36.0 Å². The lowest BCUT2D eigenvalue weighted by atomic mass is 9.86. The van der Waals surface area contributed by atoms with Crippen molar-refractivity contribution in [1.29, 1.82) is 0 Å². The summed E-state index contributed by atoms with van der Waals surface area (Å²) in [5, 5.41) is 2.89. The van der Waals surface area contributed by atoms with E-state index in [4.69, 9.17) is 5.73 Å². The Morgan fingerprint density at radius 3 is 2.77 bits per heavy atom. The molecule has 0 aromatic heterocycles. The topological polar surface area (TPSA) is 75.4 Å². The Hall–Kier alpha value is -2.11. The van der Waals surface area contributed by atoms with Crippen LogP contribution in [-0.4, -0.2) is 30.9 Å². The zero-order valence-corrected chi connectivity index (χ0v) is 15.0. The molecule has 1 atom stereocenters. The Morgan fingerprint density at radius 1 is 1.27 bits per heavy atom. The minimum absolute atomic E-state index is 0.0651. The Labute approximate surface area is 154 Å². The van der Waals surface area contributed by atoms with Crippen LogP contribution in [0, 0.1) is 18.2 Å². The maximum absolute atomic E-state index is 13.4. The fraction of sp³-hybridized carbons (Fsp3) is 0.550. The Balaban J connectivity index is 1.48. The molecule has 2 amide bonds. The highest BCUT2D eigenvalue weighted by molar-refractivity contribution is 5.87. The van der Waals surface area contributed by atoms with Gasteiger partial charge in [-0.15, -0.1) is 0 Å². The summed E-state index contributed by atoms with van der Waals surface area (Å²) in [6.07, 6.45) is 9.26. The number of carbonyl (C=O) groups excluding carboxylic acids is 2. The normalized spacial score (nSPS) is 20.0. The first kappa shape index (κ1) is 18.7. The maximum Gasteiger partial charge on any atom is 0.240 e. The van der Waals surface area contributed by atoms with Crippen molar-refractivity contribution in [1.82, 2.24) is 5.32 Å². The molecule has 1 aliphatic carbocycles. The number of amides is 2. The second-order valence-electron chi connectivity index (χ2n) is 7.32. The van der Waals surface area contributed by atoms with Gasteiger partial charge in [-0.1, -0.05) is 32.1 Å². The van der Waals surface area contributed by atoms with Crippen molar-refractivity contribution in [2.24, 2.45) is 11.7 Å². The van der Waals surface area contributed by atoms with Crippen molar-refractivity contribution in [3.8, 4) is 0 Å². The lowest BCUT2D eigenvalue weighted by Gasteiger charge is -2.25. The van der Waals surface area contributed by atoms with Crippen LogP contribution in [0.4, 0.5) is 10.1 Å². The van der Waals surface area contributed by atoms with Crippen molar-refractivity contribution in [2.75, 3.05) is 18.0 Å². The van der Waals surface area contributed by atoms with Gasteiger partial charge in [0.1, 0.15) is 11.9 Å². The number of nitrogens with two attached hydrogens (primary N) is 1. The molecule has 1 aromatic carbocycles. The second kappa shape index (κ2) is 8.52. The second-order valence-corrected chi connectivity index (χ2v) is 7.32. The summed E-state index contributed by atoms with van der Waals surface area (Å²) in [5.41, 5.74) is 7.10. The summed E-state index contributed by atoms with van der Waals surface area (Å²) in [4.78, 5) is 25.6. The van der Waals surface area contributed by atoms with Crippen LogP contribution in [0.3, 0.4) is 0 Å². The van der Waals surface area contributed by atoms with Gasteiger partial charge < -0.3 is 16.0 Å². The van der Waals surface area contributed by atoms with Gasteiger partial charge in [-0.2, -0.15) is 0 Å². The number of carbonyl (C=O) groups is 2. The van der Waals surface area contributed by atoms with E-state index < -0.39 is 11.9 Å². The van der Waals surface area contributed by atoms with Crippen molar-refractivity contribution in [3.63, 3.8) is 0 Å². The molecule has 0 unspecified atom stereocenters. The van der Waals surface area contributed by atoms with Crippen LogP contribution in [-0.2, 0) is 16.0 Å². The third kappa shape index (κ3) is 4.54. The van der Waals surface area contributed by atoms with Crippen LogP contribution in [0.1, 0.15) is 44.1 Å². The number of benzene rings is 1. The van der Waals surface area contributed by atoms with Gasteiger partial charge in [0.2, 0.25) is 11.8 Å². The monoisotopic (exact) mass is 360 g/mol. The first-order chi connectivity index (χ1) is 12.5. The number of hydrogen-bond acceptors (Lipinski definition) is 3. The van der Waals surface area contributed by atoms with Gasteiger partial charge in [0.15, 0.2) is 0 Å². The fourth-order valence-electron chi connectivity index (χ4n) is 4.08. The molecule has 1 saturated carbocycles. The number of hydrogen-bond donors (Lipinski definition) is 2. The molecule has 2 aliphatic rings. The first-order valence-electron chi connectivity index (χ1n) is 9.50. The molecule has 5 nitrogen and oxygen atoms in total. The van der Waals surface area contributed by atoms with Crippen LogP contribution >= 0.6 is 0 Å². The number of fused-ring (bicyclic) bond motifs is 1. The molecule has 1 radical (unpaired) electrons. The van der Waals surface area contributed by atoms with E-state index in [9.17, 15) is 14.0 Å². The van der Waals surface area contributed by atoms with Crippen LogP contribution < -0.4 is 16.0 Å². The zero-order chi connectivity index (χ0) is 18.5. The highest BCUT2D eigenvalue weighted by Crippen LogP contribution is 2.32. The van der Waals surface area contributed by atoms with Crippen LogP contribution in [0.15, 0.2) is 18.2 Å². The summed E-state index contributed by atoms with van der Waals surface area (Å²) in [5.74, 6) is -0.185. The van der Waals surface area contributed by atoms with Gasteiger partial charge in [0, 0.05) is 31.6 Å². The smallest absolute Gasteiger partial charge is 0.240 e. The minimum atomic E-state index is -0.491. The molecule has 1 aromatic rings. The number of anilines is 1. The molecule has 1 aliphatic heterocycles. The van der Waals surface area contributed by atoms with Gasteiger partial charge in [-0.05, 0) is 36.1 Å². The molecule has 0 bridgehead atoms. The summed E-state index contributed by atoms with van der Waals surface area (Å²) in [7, 11) is 0. The van der Waals surface area contributed by atoms with Crippen molar-refractivity contribution < 1.29 is 14.0 Å². The molecule has 1 fully saturated rings. The van der Waals surface area contributed by atoms with E-state index in [0.717, 1.165) is 17.7 Å². The molecule has 3 rings (SSSR count). The van der Waals surface area contributed by atoms with E-state index in [0.29, 0.717) is 25.4 Å². The van der Waals surface area contributed by atoms with Crippen LogP contribution in [0.2, 0.25) is 0 Å². The number of rotatable bonds is 7. The van der Waals surface area contributed by atoms with Gasteiger partial charge in [0.25, 0.3) is 0 Å². The Morgan fingerprint density at radius 2 is 2.04 bits per heavy atom. The number of primary amides is 1. The molecule has 1 heterocycles. The van der Waals surface area contributed by atoms with E-state index in [1.807, 2.05) is 4.90 Å². The highest BCUT2D eigenvalue weighted by atomic mass is 19.1. The molecular formula is C20H27FN3O2. The maximum atomic E-state index is 13.4. The average molecular weight is 360 g/mol. The average Bonchev–Trinajstić information content (AvgIpc) is 2.99. The molecule has 141 valence electrons.